The molecule has 0 amide bonds. The standard InChI is InChI=1S/C16H23NO/c1-12(10-13-6-7-13)17-11-16(18)9-8-14-4-2-3-5-15(14)16/h2-5,12-13,17-18H,6-11H2,1H3. The van der Waals surface area contributed by atoms with E-state index in [1.165, 1.54) is 24.8 Å². The van der Waals surface area contributed by atoms with E-state index < -0.39 is 5.60 Å². The van der Waals surface area contributed by atoms with E-state index >= 15 is 0 Å². The molecule has 1 aromatic carbocycles. The van der Waals surface area contributed by atoms with Gasteiger partial charge in [0.2, 0.25) is 0 Å². The van der Waals surface area contributed by atoms with E-state index in [-0.39, 0.29) is 0 Å². The maximum atomic E-state index is 10.8. The zero-order valence-corrected chi connectivity index (χ0v) is 11.2. The van der Waals surface area contributed by atoms with Crippen molar-refractivity contribution in [2.45, 2.75) is 50.7 Å². The molecule has 0 radical (unpaired) electrons. The fourth-order valence-corrected chi connectivity index (χ4v) is 3.13. The molecule has 0 aromatic heterocycles. The molecule has 2 N–H and O–H groups in total. The van der Waals surface area contributed by atoms with Gasteiger partial charge in [0, 0.05) is 12.6 Å². The fraction of sp³-hybridized carbons (Fsp3) is 0.625. The number of rotatable bonds is 5. The summed E-state index contributed by atoms with van der Waals surface area (Å²) < 4.78 is 0. The molecule has 2 unspecified atom stereocenters. The van der Waals surface area contributed by atoms with Crippen LogP contribution in [0.5, 0.6) is 0 Å². The molecule has 1 aromatic rings. The Labute approximate surface area is 109 Å². The van der Waals surface area contributed by atoms with Crippen LogP contribution in [0.15, 0.2) is 24.3 Å². The Hall–Kier alpha value is -0.860. The largest absolute Gasteiger partial charge is 0.384 e. The fourth-order valence-electron chi connectivity index (χ4n) is 3.13. The lowest BCUT2D eigenvalue weighted by Gasteiger charge is -2.26. The minimum atomic E-state index is -0.644. The third kappa shape index (κ3) is 2.45. The third-order valence-corrected chi connectivity index (χ3v) is 4.45. The Balaban J connectivity index is 1.61. The highest BCUT2D eigenvalue weighted by molar-refractivity contribution is 5.37. The van der Waals surface area contributed by atoms with Crippen LogP contribution >= 0.6 is 0 Å². The van der Waals surface area contributed by atoms with Gasteiger partial charge in [-0.3, -0.25) is 0 Å². The molecule has 2 aliphatic rings. The van der Waals surface area contributed by atoms with Gasteiger partial charge in [-0.05, 0) is 43.2 Å². The molecule has 2 nitrogen and oxygen atoms in total. The first kappa shape index (κ1) is 12.2. The predicted octanol–water partition coefficient (Wildman–Crippen LogP) is 2.60. The van der Waals surface area contributed by atoms with Crippen molar-refractivity contribution >= 4 is 0 Å². The summed E-state index contributed by atoms with van der Waals surface area (Å²) in [5.41, 5.74) is 1.81. The van der Waals surface area contributed by atoms with E-state index in [4.69, 9.17) is 0 Å². The van der Waals surface area contributed by atoms with Crippen LogP contribution in [0.3, 0.4) is 0 Å². The highest BCUT2D eigenvalue weighted by Gasteiger charge is 2.36. The summed E-state index contributed by atoms with van der Waals surface area (Å²) in [6.07, 6.45) is 5.93. The second-order valence-corrected chi connectivity index (χ2v) is 6.15. The van der Waals surface area contributed by atoms with Crippen LogP contribution in [0.1, 0.15) is 43.7 Å². The first-order valence-corrected chi connectivity index (χ1v) is 7.21. The zero-order chi connectivity index (χ0) is 12.6. The molecule has 98 valence electrons. The predicted molar refractivity (Wildman–Crippen MR) is 73.5 cm³/mol. The number of hydrogen-bond donors (Lipinski definition) is 2. The molecule has 2 atom stereocenters. The molecule has 0 saturated heterocycles. The van der Waals surface area contributed by atoms with E-state index in [2.05, 4.69) is 30.4 Å². The van der Waals surface area contributed by atoms with Crippen LogP contribution in [-0.4, -0.2) is 17.7 Å². The number of benzene rings is 1. The summed E-state index contributed by atoms with van der Waals surface area (Å²) in [7, 11) is 0. The Morgan fingerprint density at radius 3 is 2.94 bits per heavy atom. The highest BCUT2D eigenvalue weighted by atomic mass is 16.3. The Bertz CT molecular complexity index is 427. The van der Waals surface area contributed by atoms with Gasteiger partial charge in [-0.25, -0.2) is 0 Å². The summed E-state index contributed by atoms with van der Waals surface area (Å²) in [4.78, 5) is 0. The number of aliphatic hydroxyl groups is 1. The molecule has 0 heterocycles. The van der Waals surface area contributed by atoms with Crippen molar-refractivity contribution in [3.05, 3.63) is 35.4 Å². The summed E-state index contributed by atoms with van der Waals surface area (Å²) in [6, 6.07) is 8.83. The van der Waals surface area contributed by atoms with Crippen molar-refractivity contribution in [1.82, 2.24) is 5.32 Å². The second-order valence-electron chi connectivity index (χ2n) is 6.15. The smallest absolute Gasteiger partial charge is 0.103 e. The van der Waals surface area contributed by atoms with Gasteiger partial charge in [-0.15, -0.1) is 0 Å². The van der Waals surface area contributed by atoms with Gasteiger partial charge in [0.05, 0.1) is 0 Å². The van der Waals surface area contributed by atoms with Crippen molar-refractivity contribution in [1.29, 1.82) is 0 Å². The van der Waals surface area contributed by atoms with Gasteiger partial charge in [-0.1, -0.05) is 37.1 Å². The van der Waals surface area contributed by atoms with Crippen LogP contribution in [0.4, 0.5) is 0 Å². The lowest BCUT2D eigenvalue weighted by molar-refractivity contribution is 0.0359. The SMILES string of the molecule is CC(CC1CC1)NCC1(O)CCc2ccccc21. The topological polar surface area (TPSA) is 32.3 Å². The molecule has 3 rings (SSSR count). The van der Waals surface area contributed by atoms with Crippen LogP contribution < -0.4 is 5.32 Å². The van der Waals surface area contributed by atoms with Gasteiger partial charge in [0.25, 0.3) is 0 Å². The van der Waals surface area contributed by atoms with Gasteiger partial charge < -0.3 is 10.4 Å². The van der Waals surface area contributed by atoms with Gasteiger partial charge in [-0.2, -0.15) is 0 Å². The maximum Gasteiger partial charge on any atom is 0.103 e. The first-order chi connectivity index (χ1) is 8.67. The maximum absolute atomic E-state index is 10.8. The number of nitrogens with one attached hydrogen (secondary N) is 1. The van der Waals surface area contributed by atoms with Gasteiger partial charge >= 0.3 is 0 Å². The summed E-state index contributed by atoms with van der Waals surface area (Å²) in [5, 5.41) is 14.3. The summed E-state index contributed by atoms with van der Waals surface area (Å²) in [6.45, 7) is 2.93. The molecular formula is C16H23NO. The molecule has 1 saturated carbocycles. The van der Waals surface area contributed by atoms with E-state index in [0.29, 0.717) is 12.6 Å². The van der Waals surface area contributed by atoms with Crippen LogP contribution in [0, 0.1) is 5.92 Å². The van der Waals surface area contributed by atoms with Gasteiger partial charge in [0.1, 0.15) is 5.60 Å². The van der Waals surface area contributed by atoms with Crippen molar-refractivity contribution in [3.8, 4) is 0 Å². The van der Waals surface area contributed by atoms with Crippen molar-refractivity contribution in [2.24, 2.45) is 5.92 Å². The lowest BCUT2D eigenvalue weighted by atomic mass is 9.95. The molecule has 18 heavy (non-hydrogen) atoms. The molecular weight excluding hydrogens is 222 g/mol. The Morgan fingerprint density at radius 2 is 2.17 bits per heavy atom. The van der Waals surface area contributed by atoms with Gasteiger partial charge in [0.15, 0.2) is 0 Å². The number of hydrogen-bond acceptors (Lipinski definition) is 2. The van der Waals surface area contributed by atoms with E-state index in [1.807, 2.05) is 6.07 Å². The normalized spacial score (nSPS) is 28.1. The average Bonchev–Trinajstić information content (AvgIpc) is 3.12. The average molecular weight is 245 g/mol. The highest BCUT2D eigenvalue weighted by Crippen LogP contribution is 2.37. The molecule has 1 fully saturated rings. The zero-order valence-electron chi connectivity index (χ0n) is 11.2. The van der Waals surface area contributed by atoms with Crippen LogP contribution in [0.2, 0.25) is 0 Å². The molecule has 0 aliphatic heterocycles. The number of fused-ring (bicyclic) bond motifs is 1. The van der Waals surface area contributed by atoms with Crippen molar-refractivity contribution in [3.63, 3.8) is 0 Å². The van der Waals surface area contributed by atoms with E-state index in [9.17, 15) is 5.11 Å². The lowest BCUT2D eigenvalue weighted by Crippen LogP contribution is -2.40. The molecule has 0 spiro atoms. The minimum absolute atomic E-state index is 0.522. The van der Waals surface area contributed by atoms with E-state index in [1.54, 1.807) is 0 Å². The summed E-state index contributed by atoms with van der Waals surface area (Å²) >= 11 is 0. The first-order valence-electron chi connectivity index (χ1n) is 7.21. The van der Waals surface area contributed by atoms with E-state index in [0.717, 1.165) is 24.3 Å². The van der Waals surface area contributed by atoms with Crippen LogP contribution in [0.25, 0.3) is 0 Å². The molecule has 0 bridgehead atoms. The van der Waals surface area contributed by atoms with Crippen molar-refractivity contribution in [2.75, 3.05) is 6.54 Å². The molecule has 2 heteroatoms. The number of aryl methyl sites for hydroxylation is 1. The Morgan fingerprint density at radius 1 is 1.39 bits per heavy atom. The third-order valence-electron chi connectivity index (χ3n) is 4.45. The summed E-state index contributed by atoms with van der Waals surface area (Å²) in [5.74, 6) is 0.943. The Kier molecular flexibility index (Phi) is 3.16. The quantitative estimate of drug-likeness (QED) is 0.835. The minimum Gasteiger partial charge on any atom is -0.384 e. The molecule has 2 aliphatic carbocycles. The monoisotopic (exact) mass is 245 g/mol. The van der Waals surface area contributed by atoms with Crippen LogP contribution in [-0.2, 0) is 12.0 Å². The second kappa shape index (κ2) is 4.67. The van der Waals surface area contributed by atoms with Crippen molar-refractivity contribution < 1.29 is 5.11 Å².